The SMILES string of the molecule is CC(=O)Nc1nc2c(s1)C[C@H]1[C@](C)(CO)[C@H](O)CC[C@@]1(C)[C@@H]2CC(=O)N1CCOCC1. The molecular weight excluding hydrogens is 418 g/mol. The van der Waals surface area contributed by atoms with E-state index in [4.69, 9.17) is 9.72 Å². The van der Waals surface area contributed by atoms with Crippen molar-refractivity contribution in [2.24, 2.45) is 16.7 Å². The van der Waals surface area contributed by atoms with Crippen molar-refractivity contribution < 1.29 is 24.5 Å². The molecule has 1 saturated carbocycles. The van der Waals surface area contributed by atoms with Crippen molar-refractivity contribution in [1.82, 2.24) is 9.88 Å². The molecule has 0 aromatic carbocycles. The molecule has 9 heteroatoms. The van der Waals surface area contributed by atoms with E-state index in [1.165, 1.54) is 18.3 Å². The maximum absolute atomic E-state index is 13.3. The third kappa shape index (κ3) is 3.90. The van der Waals surface area contributed by atoms with Crippen molar-refractivity contribution in [2.75, 3.05) is 38.2 Å². The number of morpholine rings is 1. The molecule has 0 spiro atoms. The summed E-state index contributed by atoms with van der Waals surface area (Å²) in [5, 5.41) is 24.5. The number of nitrogens with zero attached hydrogens (tertiary/aromatic N) is 2. The molecule has 1 saturated heterocycles. The number of aromatic nitrogens is 1. The number of amides is 2. The Morgan fingerprint density at radius 1 is 1.32 bits per heavy atom. The molecule has 8 nitrogen and oxygen atoms in total. The highest BCUT2D eigenvalue weighted by Gasteiger charge is 2.59. The Labute approximate surface area is 187 Å². The molecule has 1 aromatic rings. The predicted octanol–water partition coefficient (Wildman–Crippen LogP) is 1.77. The number of carbonyl (C=O) groups is 2. The lowest BCUT2D eigenvalue weighted by molar-refractivity contribution is -0.149. The Kier molecular flexibility index (Phi) is 6.15. The maximum Gasteiger partial charge on any atom is 0.223 e. The zero-order valence-electron chi connectivity index (χ0n) is 18.5. The number of nitrogens with one attached hydrogen (secondary N) is 1. The van der Waals surface area contributed by atoms with Gasteiger partial charge in [0.25, 0.3) is 0 Å². The van der Waals surface area contributed by atoms with Crippen LogP contribution in [0.5, 0.6) is 0 Å². The van der Waals surface area contributed by atoms with Gasteiger partial charge in [-0.25, -0.2) is 4.98 Å². The van der Waals surface area contributed by atoms with Crippen molar-refractivity contribution in [2.45, 2.75) is 58.5 Å². The molecule has 2 aliphatic carbocycles. The number of ether oxygens (including phenoxy) is 1. The van der Waals surface area contributed by atoms with Gasteiger partial charge < -0.3 is 25.2 Å². The van der Waals surface area contributed by atoms with Gasteiger partial charge in [-0.1, -0.05) is 13.8 Å². The highest BCUT2D eigenvalue weighted by atomic mass is 32.1. The number of aliphatic hydroxyl groups is 2. The van der Waals surface area contributed by atoms with Crippen LogP contribution in [-0.4, -0.2) is 70.9 Å². The molecule has 2 amide bonds. The zero-order chi connectivity index (χ0) is 22.4. The first-order valence-corrected chi connectivity index (χ1v) is 11.9. The minimum Gasteiger partial charge on any atom is -0.396 e. The van der Waals surface area contributed by atoms with Gasteiger partial charge in [0.2, 0.25) is 11.8 Å². The van der Waals surface area contributed by atoms with Crippen LogP contribution >= 0.6 is 11.3 Å². The van der Waals surface area contributed by atoms with E-state index in [0.29, 0.717) is 50.7 Å². The van der Waals surface area contributed by atoms with Crippen molar-refractivity contribution in [3.05, 3.63) is 10.6 Å². The molecular formula is C22H33N3O5S. The average molecular weight is 452 g/mol. The Morgan fingerprint density at radius 2 is 2.03 bits per heavy atom. The highest BCUT2D eigenvalue weighted by molar-refractivity contribution is 7.15. The summed E-state index contributed by atoms with van der Waals surface area (Å²) < 4.78 is 5.40. The average Bonchev–Trinajstić information content (AvgIpc) is 3.14. The van der Waals surface area contributed by atoms with E-state index in [1.807, 2.05) is 11.8 Å². The van der Waals surface area contributed by atoms with Crippen LogP contribution in [0.4, 0.5) is 5.13 Å². The molecule has 0 radical (unpaired) electrons. The molecule has 172 valence electrons. The van der Waals surface area contributed by atoms with Crippen LogP contribution in [0, 0.1) is 16.7 Å². The lowest BCUT2D eigenvalue weighted by atomic mass is 9.47. The first kappa shape index (κ1) is 22.6. The summed E-state index contributed by atoms with van der Waals surface area (Å²) in [7, 11) is 0. The van der Waals surface area contributed by atoms with E-state index in [1.54, 1.807) is 0 Å². The molecule has 3 N–H and O–H groups in total. The molecule has 2 fully saturated rings. The van der Waals surface area contributed by atoms with E-state index in [0.717, 1.165) is 17.0 Å². The standard InChI is InChI=1S/C22H33N3O5S/c1-13(27)23-20-24-19-14(10-18(29)25-6-8-30-9-7-25)21(2)5-4-17(28)22(3,12-26)16(21)11-15(19)31-20/h14,16-17,26,28H,4-12H2,1-3H3,(H,23,24,27)/t14-,16-,17-,21+,22+/m1/s1. The molecule has 0 unspecified atom stereocenters. The summed E-state index contributed by atoms with van der Waals surface area (Å²) in [6, 6.07) is 0. The zero-order valence-corrected chi connectivity index (χ0v) is 19.3. The summed E-state index contributed by atoms with van der Waals surface area (Å²) in [5.41, 5.74) is -0.0399. The third-order valence-electron chi connectivity index (χ3n) is 7.92. The number of hydrogen-bond donors (Lipinski definition) is 3. The summed E-state index contributed by atoms with van der Waals surface area (Å²) in [5.74, 6) is -0.207. The first-order valence-electron chi connectivity index (χ1n) is 11.1. The van der Waals surface area contributed by atoms with E-state index in [2.05, 4.69) is 12.2 Å². The van der Waals surface area contributed by atoms with E-state index < -0.39 is 11.5 Å². The van der Waals surface area contributed by atoms with Gasteiger partial charge >= 0.3 is 0 Å². The third-order valence-corrected chi connectivity index (χ3v) is 8.93. The Balaban J connectivity index is 1.73. The Bertz CT molecular complexity index is 854. The number of rotatable bonds is 4. The molecule has 1 aromatic heterocycles. The number of carbonyl (C=O) groups excluding carboxylic acids is 2. The largest absolute Gasteiger partial charge is 0.396 e. The summed E-state index contributed by atoms with van der Waals surface area (Å²) in [6.07, 6.45) is 1.78. The second-order valence-corrected chi connectivity index (χ2v) is 10.8. The number of fused-ring (bicyclic) bond motifs is 2. The van der Waals surface area contributed by atoms with Crippen molar-refractivity contribution in [1.29, 1.82) is 0 Å². The fourth-order valence-corrected chi connectivity index (χ4v) is 7.08. The minimum atomic E-state index is -0.650. The number of anilines is 1. The van der Waals surface area contributed by atoms with Gasteiger partial charge in [0.1, 0.15) is 0 Å². The molecule has 4 rings (SSSR count). The van der Waals surface area contributed by atoms with Crippen LogP contribution < -0.4 is 5.32 Å². The van der Waals surface area contributed by atoms with E-state index >= 15 is 0 Å². The second kappa shape index (κ2) is 8.42. The minimum absolute atomic E-state index is 0.00867. The van der Waals surface area contributed by atoms with E-state index in [9.17, 15) is 19.8 Å². The van der Waals surface area contributed by atoms with Gasteiger partial charge in [0.15, 0.2) is 5.13 Å². The molecule has 2 heterocycles. The van der Waals surface area contributed by atoms with Gasteiger partial charge in [-0.3, -0.25) is 9.59 Å². The van der Waals surface area contributed by atoms with Crippen LogP contribution in [0.1, 0.15) is 56.5 Å². The maximum atomic E-state index is 13.3. The van der Waals surface area contributed by atoms with Crippen LogP contribution in [0.15, 0.2) is 0 Å². The van der Waals surface area contributed by atoms with Crippen LogP contribution in [0.3, 0.4) is 0 Å². The van der Waals surface area contributed by atoms with Crippen molar-refractivity contribution in [3.63, 3.8) is 0 Å². The molecule has 1 aliphatic heterocycles. The van der Waals surface area contributed by atoms with Gasteiger partial charge in [-0.05, 0) is 30.6 Å². The summed E-state index contributed by atoms with van der Waals surface area (Å²) in [4.78, 5) is 32.5. The molecule has 3 aliphatic rings. The Morgan fingerprint density at radius 3 is 2.68 bits per heavy atom. The smallest absolute Gasteiger partial charge is 0.223 e. The predicted molar refractivity (Wildman–Crippen MR) is 117 cm³/mol. The normalized spacial score (nSPS) is 35.3. The van der Waals surface area contributed by atoms with Gasteiger partial charge in [0.05, 0.1) is 31.6 Å². The van der Waals surface area contributed by atoms with Crippen LogP contribution in [0.25, 0.3) is 0 Å². The second-order valence-electron chi connectivity index (χ2n) is 9.74. The summed E-state index contributed by atoms with van der Waals surface area (Å²) >= 11 is 1.45. The molecule has 0 bridgehead atoms. The van der Waals surface area contributed by atoms with Gasteiger partial charge in [0, 0.05) is 42.6 Å². The molecule has 31 heavy (non-hydrogen) atoms. The highest BCUT2D eigenvalue weighted by Crippen LogP contribution is 2.62. The van der Waals surface area contributed by atoms with Gasteiger partial charge in [-0.2, -0.15) is 0 Å². The number of aliphatic hydroxyl groups excluding tert-OH is 2. The fourth-order valence-electron chi connectivity index (χ4n) is 5.97. The quantitative estimate of drug-likeness (QED) is 0.643. The fraction of sp³-hybridized carbons (Fsp3) is 0.773. The number of hydrogen-bond acceptors (Lipinski definition) is 7. The van der Waals surface area contributed by atoms with Crippen LogP contribution in [0.2, 0.25) is 0 Å². The monoisotopic (exact) mass is 451 g/mol. The summed E-state index contributed by atoms with van der Waals surface area (Å²) in [6.45, 7) is 7.81. The lowest BCUT2D eigenvalue weighted by Crippen LogP contribution is -2.58. The first-order chi connectivity index (χ1) is 14.7. The Hall–Kier alpha value is -1.55. The van der Waals surface area contributed by atoms with Crippen molar-refractivity contribution in [3.8, 4) is 0 Å². The topological polar surface area (TPSA) is 112 Å². The van der Waals surface area contributed by atoms with Gasteiger partial charge in [-0.15, -0.1) is 11.3 Å². The molecule has 5 atom stereocenters. The van der Waals surface area contributed by atoms with Crippen LogP contribution in [-0.2, 0) is 20.7 Å². The number of thiazole rings is 1. The van der Waals surface area contributed by atoms with E-state index in [-0.39, 0.29) is 35.7 Å². The lowest BCUT2D eigenvalue weighted by Gasteiger charge is -2.58. The van der Waals surface area contributed by atoms with Crippen molar-refractivity contribution >= 4 is 28.3 Å².